The quantitative estimate of drug-likeness (QED) is 0.443. The van der Waals surface area contributed by atoms with E-state index in [0.717, 1.165) is 0 Å². The Kier molecular flexibility index (Phi) is 4.96. The van der Waals surface area contributed by atoms with Crippen LogP contribution in [0.15, 0.2) is 51.8 Å². The van der Waals surface area contributed by atoms with Crippen molar-refractivity contribution >= 4 is 38.5 Å². The minimum Gasteiger partial charge on any atom is -0.436 e. The first-order valence-electron chi connectivity index (χ1n) is 7.34. The molecule has 132 valence electrons. The maximum absolute atomic E-state index is 11.4. The number of anilines is 1. The van der Waals surface area contributed by atoms with E-state index >= 15 is 0 Å². The molecule has 0 amide bonds. The Balaban J connectivity index is 2.09. The molecule has 0 aliphatic rings. The van der Waals surface area contributed by atoms with E-state index in [1.54, 1.807) is 24.3 Å². The van der Waals surface area contributed by atoms with E-state index in [0.29, 0.717) is 22.4 Å². The number of hydrogen-bond acceptors (Lipinski definition) is 6. The molecule has 0 radical (unpaired) electrons. The van der Waals surface area contributed by atoms with E-state index in [4.69, 9.17) is 16.0 Å². The summed E-state index contributed by atoms with van der Waals surface area (Å²) >= 11 is 5.58. The summed E-state index contributed by atoms with van der Waals surface area (Å²) in [5.74, 6) is 0.239. The Morgan fingerprint density at radius 1 is 1.24 bits per heavy atom. The maximum atomic E-state index is 11.4. The van der Waals surface area contributed by atoms with Crippen molar-refractivity contribution in [1.29, 1.82) is 0 Å². The lowest BCUT2D eigenvalue weighted by Gasteiger charge is -2.13. The zero-order valence-electron chi connectivity index (χ0n) is 12.9. The second-order valence-corrected chi connectivity index (χ2v) is 7.09. The van der Waals surface area contributed by atoms with E-state index in [-0.39, 0.29) is 23.2 Å². The first-order chi connectivity index (χ1) is 11.9. The number of benzene rings is 2. The number of halogens is 1. The van der Waals surface area contributed by atoms with Crippen molar-refractivity contribution in [1.82, 2.24) is 4.98 Å². The van der Waals surface area contributed by atoms with Crippen molar-refractivity contribution in [3.05, 3.63) is 42.5 Å². The van der Waals surface area contributed by atoms with Gasteiger partial charge in [0.25, 0.3) is 10.1 Å². The minimum absolute atomic E-state index is 0.0499. The third kappa shape index (κ3) is 3.93. The van der Waals surface area contributed by atoms with Crippen LogP contribution in [0.2, 0.25) is 0 Å². The molecule has 0 spiro atoms. The molecule has 0 fully saturated rings. The monoisotopic (exact) mass is 382 g/mol. The summed E-state index contributed by atoms with van der Waals surface area (Å²) in [5.41, 5.74) is 1.99. The summed E-state index contributed by atoms with van der Waals surface area (Å²) in [4.78, 5) is 4.06. The lowest BCUT2D eigenvalue weighted by atomic mass is 10.1. The summed E-state index contributed by atoms with van der Waals surface area (Å²) in [5, 5.41) is 12.6. The number of aliphatic hydroxyl groups excluding tert-OH is 1. The van der Waals surface area contributed by atoms with Crippen LogP contribution in [0.25, 0.3) is 22.6 Å². The standard InChI is InChI=1S/C16H15ClN2O5S/c17-8-10(20)9-18-13-6-5-11(25(21,22)23)7-12(13)16-19-14-3-1-2-4-15(14)24-16/h1-7,10,18,20H,8-9H2,(H,21,22,23). The highest BCUT2D eigenvalue weighted by Gasteiger charge is 2.18. The van der Waals surface area contributed by atoms with Gasteiger partial charge in [-0.2, -0.15) is 8.42 Å². The molecule has 3 N–H and O–H groups in total. The molecule has 0 bridgehead atoms. The summed E-state index contributed by atoms with van der Waals surface area (Å²) in [7, 11) is -4.38. The predicted molar refractivity (Wildman–Crippen MR) is 94.5 cm³/mol. The highest BCUT2D eigenvalue weighted by Crippen LogP contribution is 2.32. The SMILES string of the molecule is O=S(=O)(O)c1ccc(NCC(O)CCl)c(-c2nc3ccccc3o2)c1. The van der Waals surface area contributed by atoms with Crippen molar-refractivity contribution in [2.24, 2.45) is 0 Å². The van der Waals surface area contributed by atoms with Gasteiger partial charge in [-0.1, -0.05) is 12.1 Å². The van der Waals surface area contributed by atoms with Crippen molar-refractivity contribution in [3.63, 3.8) is 0 Å². The van der Waals surface area contributed by atoms with Gasteiger partial charge in [0.1, 0.15) is 5.52 Å². The van der Waals surface area contributed by atoms with Crippen molar-refractivity contribution in [2.45, 2.75) is 11.0 Å². The largest absolute Gasteiger partial charge is 0.436 e. The van der Waals surface area contributed by atoms with Gasteiger partial charge in [0.15, 0.2) is 5.58 Å². The van der Waals surface area contributed by atoms with Gasteiger partial charge >= 0.3 is 0 Å². The van der Waals surface area contributed by atoms with Crippen LogP contribution in [0.1, 0.15) is 0 Å². The summed E-state index contributed by atoms with van der Waals surface area (Å²) in [6, 6.07) is 11.1. The zero-order chi connectivity index (χ0) is 18.0. The van der Waals surface area contributed by atoms with E-state index in [1.807, 2.05) is 0 Å². The fourth-order valence-corrected chi connectivity index (χ4v) is 2.90. The van der Waals surface area contributed by atoms with Gasteiger partial charge in [-0.15, -0.1) is 11.6 Å². The topological polar surface area (TPSA) is 113 Å². The molecule has 0 aliphatic carbocycles. The molecule has 3 aromatic rings. The zero-order valence-corrected chi connectivity index (χ0v) is 14.5. The highest BCUT2D eigenvalue weighted by atomic mass is 35.5. The molecule has 0 aliphatic heterocycles. The van der Waals surface area contributed by atoms with Crippen LogP contribution in [0.5, 0.6) is 0 Å². The third-order valence-electron chi connectivity index (χ3n) is 3.52. The van der Waals surface area contributed by atoms with E-state index in [1.165, 1.54) is 18.2 Å². The Bertz CT molecular complexity index is 970. The van der Waals surface area contributed by atoms with E-state index in [9.17, 15) is 18.1 Å². The van der Waals surface area contributed by atoms with Gasteiger partial charge in [0.2, 0.25) is 5.89 Å². The first-order valence-corrected chi connectivity index (χ1v) is 9.31. The molecular formula is C16H15ClN2O5S. The molecule has 1 heterocycles. The lowest BCUT2D eigenvalue weighted by Crippen LogP contribution is -2.21. The molecule has 25 heavy (non-hydrogen) atoms. The molecule has 0 saturated heterocycles. The number of rotatable bonds is 6. The Hall–Kier alpha value is -2.13. The summed E-state index contributed by atoms with van der Waals surface area (Å²) in [6.07, 6.45) is -0.778. The van der Waals surface area contributed by atoms with Gasteiger partial charge in [-0.25, -0.2) is 4.98 Å². The van der Waals surface area contributed by atoms with Crippen LogP contribution in [0, 0.1) is 0 Å². The third-order valence-corrected chi connectivity index (χ3v) is 4.73. The van der Waals surface area contributed by atoms with Gasteiger partial charge in [0.05, 0.1) is 22.4 Å². The minimum atomic E-state index is -4.38. The van der Waals surface area contributed by atoms with Crippen LogP contribution in [0.3, 0.4) is 0 Å². The number of fused-ring (bicyclic) bond motifs is 1. The Morgan fingerprint density at radius 3 is 2.68 bits per heavy atom. The van der Waals surface area contributed by atoms with Gasteiger partial charge < -0.3 is 14.8 Å². The average molecular weight is 383 g/mol. The maximum Gasteiger partial charge on any atom is 0.294 e. The summed E-state index contributed by atoms with van der Waals surface area (Å²) in [6.45, 7) is 0.155. The van der Waals surface area contributed by atoms with Crippen molar-refractivity contribution < 1.29 is 22.5 Å². The van der Waals surface area contributed by atoms with Gasteiger partial charge in [0, 0.05) is 12.2 Å². The van der Waals surface area contributed by atoms with Crippen LogP contribution < -0.4 is 5.32 Å². The highest BCUT2D eigenvalue weighted by molar-refractivity contribution is 7.85. The van der Waals surface area contributed by atoms with Crippen LogP contribution >= 0.6 is 11.6 Å². The average Bonchev–Trinajstić information content (AvgIpc) is 3.02. The second-order valence-electron chi connectivity index (χ2n) is 5.36. The van der Waals surface area contributed by atoms with Gasteiger partial charge in [-0.3, -0.25) is 4.55 Å². The number of aromatic nitrogens is 1. The number of oxazole rings is 1. The molecule has 1 atom stereocenters. The molecule has 1 unspecified atom stereocenters. The normalized spacial score (nSPS) is 13.1. The number of nitrogens with zero attached hydrogens (tertiary/aromatic N) is 1. The van der Waals surface area contributed by atoms with Crippen LogP contribution in [0.4, 0.5) is 5.69 Å². The number of alkyl halides is 1. The van der Waals surface area contributed by atoms with Crippen molar-refractivity contribution in [2.75, 3.05) is 17.7 Å². The van der Waals surface area contributed by atoms with Crippen LogP contribution in [-0.4, -0.2) is 41.6 Å². The fourth-order valence-electron chi connectivity index (χ4n) is 2.28. The first kappa shape index (κ1) is 17.7. The molecule has 2 aromatic carbocycles. The molecule has 1 aromatic heterocycles. The van der Waals surface area contributed by atoms with E-state index in [2.05, 4.69) is 10.3 Å². The molecular weight excluding hydrogens is 368 g/mol. The summed E-state index contributed by atoms with van der Waals surface area (Å²) < 4.78 is 37.8. The number of hydrogen-bond donors (Lipinski definition) is 3. The molecule has 7 nitrogen and oxygen atoms in total. The molecule has 3 rings (SSSR count). The van der Waals surface area contributed by atoms with E-state index < -0.39 is 16.2 Å². The molecule has 0 saturated carbocycles. The van der Waals surface area contributed by atoms with Crippen molar-refractivity contribution in [3.8, 4) is 11.5 Å². The number of aliphatic hydroxyl groups is 1. The smallest absolute Gasteiger partial charge is 0.294 e. The second kappa shape index (κ2) is 7.01. The lowest BCUT2D eigenvalue weighted by molar-refractivity contribution is 0.211. The number of nitrogens with one attached hydrogen (secondary N) is 1. The predicted octanol–water partition coefficient (Wildman–Crippen LogP) is 2.75. The Morgan fingerprint density at radius 2 is 2.00 bits per heavy atom. The fraction of sp³-hybridized carbons (Fsp3) is 0.188. The van der Waals surface area contributed by atoms with Gasteiger partial charge in [-0.05, 0) is 30.3 Å². The molecule has 9 heteroatoms. The van der Waals surface area contributed by atoms with Crippen LogP contribution in [-0.2, 0) is 10.1 Å². The number of para-hydroxylation sites is 2. The Labute approximate surface area is 149 Å².